The highest BCUT2D eigenvalue weighted by Crippen LogP contribution is 2.24. The fraction of sp³-hybridized carbons (Fsp3) is 0.562. The minimum Gasteiger partial charge on any atom is -0.346 e. The van der Waals surface area contributed by atoms with Crippen molar-refractivity contribution in [2.45, 2.75) is 25.8 Å². The average molecular weight is 299 g/mol. The summed E-state index contributed by atoms with van der Waals surface area (Å²) in [5.41, 5.74) is 2.16. The Bertz CT molecular complexity index is 682. The molecule has 2 saturated heterocycles. The molecule has 1 atom stereocenters. The number of carbonyl (C=O) groups is 1. The molecular weight excluding hydrogens is 278 g/mol. The van der Waals surface area contributed by atoms with E-state index in [1.807, 2.05) is 17.3 Å². The van der Waals surface area contributed by atoms with E-state index in [0.717, 1.165) is 56.6 Å². The van der Waals surface area contributed by atoms with Gasteiger partial charge in [0.25, 0.3) is 0 Å². The number of aromatic nitrogens is 3. The van der Waals surface area contributed by atoms with Crippen molar-refractivity contribution in [3.63, 3.8) is 0 Å². The predicted octanol–water partition coefficient (Wildman–Crippen LogP) is 1.40. The number of likely N-dealkylation sites (tertiary alicyclic amines) is 2. The molecule has 0 aliphatic carbocycles. The average Bonchev–Trinajstić information content (AvgIpc) is 3.23. The summed E-state index contributed by atoms with van der Waals surface area (Å²) in [4.78, 5) is 27.8. The molecule has 0 saturated carbocycles. The zero-order chi connectivity index (χ0) is 14.9. The largest absolute Gasteiger partial charge is 0.346 e. The van der Waals surface area contributed by atoms with Gasteiger partial charge in [-0.25, -0.2) is 9.97 Å². The number of rotatable bonds is 4. The lowest BCUT2D eigenvalue weighted by Crippen LogP contribution is -2.32. The lowest BCUT2D eigenvalue weighted by molar-refractivity contribution is -0.128. The minimum absolute atomic E-state index is 0.340. The Labute approximate surface area is 129 Å². The van der Waals surface area contributed by atoms with Crippen molar-refractivity contribution in [1.29, 1.82) is 0 Å². The maximum absolute atomic E-state index is 11.7. The second-order valence-corrected chi connectivity index (χ2v) is 6.43. The summed E-state index contributed by atoms with van der Waals surface area (Å²) in [5.74, 6) is 0.954. The Morgan fingerprint density at radius 1 is 1.36 bits per heavy atom. The molecule has 4 heterocycles. The molecule has 6 heteroatoms. The molecule has 22 heavy (non-hydrogen) atoms. The second kappa shape index (κ2) is 5.68. The summed E-state index contributed by atoms with van der Waals surface area (Å²) < 4.78 is 0. The monoisotopic (exact) mass is 299 g/mol. The predicted molar refractivity (Wildman–Crippen MR) is 83.1 cm³/mol. The zero-order valence-electron chi connectivity index (χ0n) is 12.7. The van der Waals surface area contributed by atoms with Gasteiger partial charge >= 0.3 is 0 Å². The van der Waals surface area contributed by atoms with Crippen LogP contribution in [0.25, 0.3) is 11.0 Å². The van der Waals surface area contributed by atoms with E-state index in [4.69, 9.17) is 0 Å². The second-order valence-electron chi connectivity index (χ2n) is 6.43. The maximum atomic E-state index is 11.7. The molecule has 1 unspecified atom stereocenters. The third kappa shape index (κ3) is 2.59. The van der Waals surface area contributed by atoms with Crippen molar-refractivity contribution >= 4 is 16.9 Å². The fourth-order valence-corrected chi connectivity index (χ4v) is 3.70. The molecule has 0 spiro atoms. The summed E-state index contributed by atoms with van der Waals surface area (Å²) in [6.07, 6.45) is 8.45. The van der Waals surface area contributed by atoms with Crippen LogP contribution in [-0.2, 0) is 11.3 Å². The quantitative estimate of drug-likeness (QED) is 0.927. The molecule has 116 valence electrons. The lowest BCUT2D eigenvalue weighted by Gasteiger charge is -2.21. The third-order valence-corrected chi connectivity index (χ3v) is 4.86. The Balaban J connectivity index is 1.38. The van der Waals surface area contributed by atoms with Crippen molar-refractivity contribution in [1.82, 2.24) is 24.8 Å². The van der Waals surface area contributed by atoms with Gasteiger partial charge in [0.15, 0.2) is 0 Å². The molecule has 0 bridgehead atoms. The van der Waals surface area contributed by atoms with Crippen LogP contribution in [0, 0.1) is 5.92 Å². The van der Waals surface area contributed by atoms with Gasteiger partial charge in [-0.15, -0.1) is 0 Å². The normalized spacial score (nSPS) is 23.0. The molecule has 0 aromatic carbocycles. The van der Waals surface area contributed by atoms with Gasteiger partial charge in [-0.3, -0.25) is 9.69 Å². The summed E-state index contributed by atoms with van der Waals surface area (Å²) in [6.45, 7) is 5.00. The summed E-state index contributed by atoms with van der Waals surface area (Å²) in [7, 11) is 0. The number of nitrogens with one attached hydrogen (secondary N) is 1. The number of carbonyl (C=O) groups excluding carboxylic acids is 1. The number of nitrogens with zero attached hydrogens (tertiary/aromatic N) is 4. The number of fused-ring (bicyclic) bond motifs is 1. The SMILES string of the molecule is O=C1CCCN1CC1CCN(Cc2c[nH]c3ncncc23)C1. The van der Waals surface area contributed by atoms with Gasteiger partial charge in [0, 0.05) is 50.4 Å². The fourth-order valence-electron chi connectivity index (χ4n) is 3.70. The topological polar surface area (TPSA) is 65.1 Å². The number of amides is 1. The van der Waals surface area contributed by atoms with Crippen molar-refractivity contribution < 1.29 is 4.79 Å². The Hall–Kier alpha value is -1.95. The van der Waals surface area contributed by atoms with E-state index in [1.54, 1.807) is 6.33 Å². The van der Waals surface area contributed by atoms with Crippen LogP contribution in [0.15, 0.2) is 18.7 Å². The maximum Gasteiger partial charge on any atom is 0.222 e. The molecule has 1 N–H and O–H groups in total. The highest BCUT2D eigenvalue weighted by molar-refractivity contribution is 5.78. The van der Waals surface area contributed by atoms with Crippen molar-refractivity contribution in [3.05, 3.63) is 24.3 Å². The molecule has 2 aromatic heterocycles. The highest BCUT2D eigenvalue weighted by atomic mass is 16.2. The van der Waals surface area contributed by atoms with Crippen molar-refractivity contribution in [2.75, 3.05) is 26.2 Å². The Morgan fingerprint density at radius 2 is 2.32 bits per heavy atom. The van der Waals surface area contributed by atoms with Crippen molar-refractivity contribution in [3.8, 4) is 0 Å². The van der Waals surface area contributed by atoms with Gasteiger partial charge in [0.2, 0.25) is 5.91 Å². The third-order valence-electron chi connectivity index (χ3n) is 4.86. The van der Waals surface area contributed by atoms with E-state index in [0.29, 0.717) is 11.8 Å². The molecule has 1 amide bonds. The molecule has 2 aromatic rings. The van der Waals surface area contributed by atoms with E-state index in [1.165, 1.54) is 12.0 Å². The van der Waals surface area contributed by atoms with Gasteiger partial charge in [-0.1, -0.05) is 0 Å². The van der Waals surface area contributed by atoms with Crippen LogP contribution in [0.2, 0.25) is 0 Å². The van der Waals surface area contributed by atoms with Gasteiger partial charge in [-0.2, -0.15) is 0 Å². The van der Waals surface area contributed by atoms with Crippen LogP contribution in [-0.4, -0.2) is 56.8 Å². The molecule has 2 aliphatic rings. The Morgan fingerprint density at radius 3 is 3.18 bits per heavy atom. The molecule has 6 nitrogen and oxygen atoms in total. The molecule has 4 rings (SSSR count). The van der Waals surface area contributed by atoms with E-state index in [9.17, 15) is 4.79 Å². The molecule has 0 radical (unpaired) electrons. The van der Waals surface area contributed by atoms with Gasteiger partial charge in [-0.05, 0) is 30.9 Å². The van der Waals surface area contributed by atoms with Gasteiger partial charge in [0.05, 0.1) is 0 Å². The van der Waals surface area contributed by atoms with E-state index in [-0.39, 0.29) is 0 Å². The van der Waals surface area contributed by atoms with Crippen LogP contribution in [0.5, 0.6) is 0 Å². The van der Waals surface area contributed by atoms with Crippen molar-refractivity contribution in [2.24, 2.45) is 5.92 Å². The smallest absolute Gasteiger partial charge is 0.222 e. The van der Waals surface area contributed by atoms with Crippen LogP contribution < -0.4 is 0 Å². The van der Waals surface area contributed by atoms with E-state index in [2.05, 4.69) is 19.9 Å². The van der Waals surface area contributed by atoms with Crippen LogP contribution in [0.1, 0.15) is 24.8 Å². The number of hydrogen-bond acceptors (Lipinski definition) is 4. The summed E-state index contributed by atoms with van der Waals surface area (Å²) in [5, 5.41) is 1.11. The first-order valence-corrected chi connectivity index (χ1v) is 8.05. The van der Waals surface area contributed by atoms with Gasteiger partial charge in [0.1, 0.15) is 12.0 Å². The molecule has 2 aliphatic heterocycles. The summed E-state index contributed by atoms with van der Waals surface area (Å²) >= 11 is 0. The highest BCUT2D eigenvalue weighted by Gasteiger charge is 2.28. The number of hydrogen-bond donors (Lipinski definition) is 1. The van der Waals surface area contributed by atoms with Gasteiger partial charge < -0.3 is 9.88 Å². The first-order valence-electron chi connectivity index (χ1n) is 8.05. The first kappa shape index (κ1) is 13.7. The standard InChI is InChI=1S/C16H21N5O/c22-15-2-1-4-21(15)9-12-3-5-20(8-12)10-13-6-18-16-14(13)7-17-11-19-16/h6-7,11-12H,1-5,8-10H2,(H,17,18,19). The van der Waals surface area contributed by atoms with E-state index < -0.39 is 0 Å². The molecule has 2 fully saturated rings. The minimum atomic E-state index is 0.340. The summed E-state index contributed by atoms with van der Waals surface area (Å²) in [6, 6.07) is 0. The lowest BCUT2D eigenvalue weighted by atomic mass is 10.1. The molecular formula is C16H21N5O. The first-order chi connectivity index (χ1) is 10.8. The van der Waals surface area contributed by atoms with E-state index >= 15 is 0 Å². The number of aromatic amines is 1. The van der Waals surface area contributed by atoms with Crippen LogP contribution in [0.3, 0.4) is 0 Å². The Kier molecular flexibility index (Phi) is 3.54. The van der Waals surface area contributed by atoms with Crippen LogP contribution >= 0.6 is 0 Å². The zero-order valence-corrected chi connectivity index (χ0v) is 12.7. The van der Waals surface area contributed by atoms with Crippen LogP contribution in [0.4, 0.5) is 0 Å². The number of H-pyrrole nitrogens is 1.